The van der Waals surface area contributed by atoms with Crippen LogP contribution >= 0.6 is 0 Å². The van der Waals surface area contributed by atoms with Gasteiger partial charge in [-0.15, -0.1) is 0 Å². The highest BCUT2D eigenvalue weighted by Crippen LogP contribution is 2.25. The number of hydrogen-bond acceptors (Lipinski definition) is 4. The molecule has 0 aromatic heterocycles. The van der Waals surface area contributed by atoms with Crippen LogP contribution in [0.4, 0.5) is 0 Å². The summed E-state index contributed by atoms with van der Waals surface area (Å²) in [7, 11) is 1.55. The maximum Gasteiger partial charge on any atom is 0.251 e. The van der Waals surface area contributed by atoms with Gasteiger partial charge in [-0.2, -0.15) is 0 Å². The Labute approximate surface area is 200 Å². The first-order chi connectivity index (χ1) is 16.6. The SMILES string of the molecule is COc1cccc(C(=O)NCC(=O)NCc2ccccc2-c2ccc(CN3CCCC3)cc2)c1. The van der Waals surface area contributed by atoms with E-state index in [2.05, 4.69) is 45.9 Å². The molecule has 3 aromatic carbocycles. The minimum absolute atomic E-state index is 0.0938. The van der Waals surface area contributed by atoms with Crippen molar-refractivity contribution in [2.75, 3.05) is 26.7 Å². The van der Waals surface area contributed by atoms with Crippen molar-refractivity contribution >= 4 is 11.8 Å². The second-order valence-electron chi connectivity index (χ2n) is 8.53. The summed E-state index contributed by atoms with van der Waals surface area (Å²) in [6.07, 6.45) is 2.59. The Kier molecular flexibility index (Phi) is 7.94. The highest BCUT2D eigenvalue weighted by atomic mass is 16.5. The van der Waals surface area contributed by atoms with E-state index in [4.69, 9.17) is 4.74 Å². The van der Waals surface area contributed by atoms with E-state index >= 15 is 0 Å². The Bertz CT molecular complexity index is 1120. The van der Waals surface area contributed by atoms with Gasteiger partial charge in [0, 0.05) is 18.7 Å². The molecule has 1 aliphatic rings. The number of benzene rings is 3. The topological polar surface area (TPSA) is 70.7 Å². The van der Waals surface area contributed by atoms with Crippen LogP contribution in [0.5, 0.6) is 5.75 Å². The van der Waals surface area contributed by atoms with E-state index in [1.807, 2.05) is 18.2 Å². The highest BCUT2D eigenvalue weighted by molar-refractivity contribution is 5.96. The summed E-state index contributed by atoms with van der Waals surface area (Å²) in [4.78, 5) is 27.2. The van der Waals surface area contributed by atoms with Crippen LogP contribution in [0.2, 0.25) is 0 Å². The summed E-state index contributed by atoms with van der Waals surface area (Å²) in [5, 5.41) is 5.57. The third kappa shape index (κ3) is 6.23. The van der Waals surface area contributed by atoms with Crippen molar-refractivity contribution in [1.29, 1.82) is 0 Å². The lowest BCUT2D eigenvalue weighted by Crippen LogP contribution is -2.36. The second-order valence-corrected chi connectivity index (χ2v) is 8.53. The number of carbonyl (C=O) groups excluding carboxylic acids is 2. The van der Waals surface area contributed by atoms with Gasteiger partial charge in [-0.3, -0.25) is 14.5 Å². The minimum Gasteiger partial charge on any atom is -0.497 e. The fraction of sp³-hybridized carbons (Fsp3) is 0.286. The zero-order chi connectivity index (χ0) is 23.8. The number of carbonyl (C=O) groups is 2. The molecule has 2 N–H and O–H groups in total. The molecule has 3 aromatic rings. The lowest BCUT2D eigenvalue weighted by atomic mass is 9.98. The predicted octanol–water partition coefficient (Wildman–Crippen LogP) is 4.00. The highest BCUT2D eigenvalue weighted by Gasteiger charge is 2.13. The average Bonchev–Trinajstić information content (AvgIpc) is 3.40. The predicted molar refractivity (Wildman–Crippen MR) is 134 cm³/mol. The summed E-state index contributed by atoms with van der Waals surface area (Å²) in [6, 6.07) is 23.6. The zero-order valence-electron chi connectivity index (χ0n) is 19.5. The molecule has 0 unspecified atom stereocenters. The molecular weight excluding hydrogens is 426 g/mol. The summed E-state index contributed by atoms with van der Waals surface area (Å²) in [5.41, 5.74) is 5.02. The van der Waals surface area contributed by atoms with Gasteiger partial charge in [-0.05, 0) is 66.4 Å². The van der Waals surface area contributed by atoms with E-state index in [1.54, 1.807) is 31.4 Å². The van der Waals surface area contributed by atoms with Crippen molar-refractivity contribution in [3.8, 4) is 16.9 Å². The van der Waals surface area contributed by atoms with Crippen LogP contribution in [0.3, 0.4) is 0 Å². The van der Waals surface area contributed by atoms with Crippen molar-refractivity contribution in [1.82, 2.24) is 15.5 Å². The molecule has 0 bridgehead atoms. The number of amides is 2. The lowest BCUT2D eigenvalue weighted by molar-refractivity contribution is -0.120. The van der Waals surface area contributed by atoms with Gasteiger partial charge in [0.05, 0.1) is 13.7 Å². The van der Waals surface area contributed by atoms with E-state index < -0.39 is 0 Å². The second kappa shape index (κ2) is 11.5. The van der Waals surface area contributed by atoms with Gasteiger partial charge in [0.25, 0.3) is 5.91 Å². The van der Waals surface area contributed by atoms with Crippen molar-refractivity contribution in [2.45, 2.75) is 25.9 Å². The van der Waals surface area contributed by atoms with Gasteiger partial charge in [-0.1, -0.05) is 54.6 Å². The van der Waals surface area contributed by atoms with Crippen LogP contribution in [-0.2, 0) is 17.9 Å². The van der Waals surface area contributed by atoms with Crippen LogP contribution in [0.15, 0.2) is 72.8 Å². The molecule has 6 heteroatoms. The van der Waals surface area contributed by atoms with Gasteiger partial charge in [0.2, 0.25) is 5.91 Å². The molecule has 0 atom stereocenters. The van der Waals surface area contributed by atoms with Gasteiger partial charge in [0.1, 0.15) is 5.75 Å². The number of nitrogens with zero attached hydrogens (tertiary/aromatic N) is 1. The molecular formula is C28H31N3O3. The molecule has 34 heavy (non-hydrogen) atoms. The first kappa shape index (κ1) is 23.5. The molecule has 0 saturated carbocycles. The molecule has 1 saturated heterocycles. The van der Waals surface area contributed by atoms with E-state index in [0.29, 0.717) is 17.9 Å². The molecule has 0 aliphatic carbocycles. The maximum atomic E-state index is 12.4. The van der Waals surface area contributed by atoms with Crippen LogP contribution in [0.1, 0.15) is 34.3 Å². The van der Waals surface area contributed by atoms with Crippen LogP contribution in [0, 0.1) is 0 Å². The third-order valence-electron chi connectivity index (χ3n) is 6.10. The molecule has 1 aliphatic heterocycles. The molecule has 2 amide bonds. The molecule has 176 valence electrons. The fourth-order valence-corrected chi connectivity index (χ4v) is 4.23. The minimum atomic E-state index is -0.316. The van der Waals surface area contributed by atoms with Gasteiger partial charge < -0.3 is 15.4 Å². The Morgan fingerprint density at radius 2 is 1.68 bits per heavy atom. The van der Waals surface area contributed by atoms with E-state index in [-0.39, 0.29) is 18.4 Å². The molecule has 0 spiro atoms. The van der Waals surface area contributed by atoms with Crippen molar-refractivity contribution in [3.63, 3.8) is 0 Å². The monoisotopic (exact) mass is 457 g/mol. The van der Waals surface area contributed by atoms with Gasteiger partial charge in [0.15, 0.2) is 0 Å². The van der Waals surface area contributed by atoms with Crippen LogP contribution in [-0.4, -0.2) is 43.5 Å². The normalized spacial score (nSPS) is 13.4. The number of hydrogen-bond donors (Lipinski definition) is 2. The average molecular weight is 458 g/mol. The number of methoxy groups -OCH3 is 1. The summed E-state index contributed by atoms with van der Waals surface area (Å²) < 4.78 is 5.14. The third-order valence-corrected chi connectivity index (χ3v) is 6.10. The Morgan fingerprint density at radius 3 is 2.44 bits per heavy atom. The zero-order valence-corrected chi connectivity index (χ0v) is 19.5. The molecule has 1 heterocycles. The summed E-state index contributed by atoms with van der Waals surface area (Å²) >= 11 is 0. The van der Waals surface area contributed by atoms with E-state index in [1.165, 1.54) is 31.5 Å². The first-order valence-electron chi connectivity index (χ1n) is 11.7. The Hall–Kier alpha value is -3.64. The quantitative estimate of drug-likeness (QED) is 0.510. The Morgan fingerprint density at radius 1 is 0.912 bits per heavy atom. The number of rotatable bonds is 9. The number of likely N-dealkylation sites (tertiary alicyclic amines) is 1. The van der Waals surface area contributed by atoms with Crippen molar-refractivity contribution in [2.24, 2.45) is 0 Å². The van der Waals surface area contributed by atoms with Crippen molar-refractivity contribution in [3.05, 3.63) is 89.5 Å². The number of nitrogens with one attached hydrogen (secondary N) is 2. The van der Waals surface area contributed by atoms with Gasteiger partial charge in [-0.25, -0.2) is 0 Å². The number of ether oxygens (including phenoxy) is 1. The van der Waals surface area contributed by atoms with Gasteiger partial charge >= 0.3 is 0 Å². The summed E-state index contributed by atoms with van der Waals surface area (Å²) in [6.45, 7) is 3.66. The van der Waals surface area contributed by atoms with Crippen LogP contribution in [0.25, 0.3) is 11.1 Å². The van der Waals surface area contributed by atoms with E-state index in [0.717, 1.165) is 23.2 Å². The Balaban J connectivity index is 1.32. The maximum absolute atomic E-state index is 12.4. The van der Waals surface area contributed by atoms with Crippen molar-refractivity contribution < 1.29 is 14.3 Å². The molecule has 6 nitrogen and oxygen atoms in total. The van der Waals surface area contributed by atoms with E-state index in [9.17, 15) is 9.59 Å². The smallest absolute Gasteiger partial charge is 0.251 e. The fourth-order valence-electron chi connectivity index (χ4n) is 4.23. The lowest BCUT2D eigenvalue weighted by Gasteiger charge is -2.15. The summed E-state index contributed by atoms with van der Waals surface area (Å²) in [5.74, 6) is 0.0354. The molecule has 4 rings (SSSR count). The largest absolute Gasteiger partial charge is 0.497 e. The standard InChI is InChI=1S/C28H31N3O3/c1-34-25-9-6-8-23(17-25)28(33)30-19-27(32)29-18-24-7-2-3-10-26(24)22-13-11-21(12-14-22)20-31-15-4-5-16-31/h2-3,6-14,17H,4-5,15-16,18-20H2,1H3,(H,29,32)(H,30,33). The first-order valence-corrected chi connectivity index (χ1v) is 11.7. The molecule has 1 fully saturated rings. The molecule has 0 radical (unpaired) electrons. The van der Waals surface area contributed by atoms with Crippen LogP contribution < -0.4 is 15.4 Å².